The minimum absolute atomic E-state index is 0. The minimum atomic E-state index is -4.79. The average molecular weight is 663 g/mol. The Morgan fingerprint density at radius 2 is 0.800 bits per heavy atom. The normalized spacial score (nSPS) is 13.0. The minimum Gasteiger partial charge on any atom is -0.736 e. The maximum atomic E-state index is 12.1. The van der Waals surface area contributed by atoms with Crippen molar-refractivity contribution in [1.82, 2.24) is 0 Å². The number of rotatable bonds is 8. The molecule has 0 radical (unpaired) electrons. The third kappa shape index (κ3) is 11.5. The Hall–Kier alpha value is -3.43. The number of phosphoric acid groups is 2. The topological polar surface area (TPSA) is 151 Å². The number of phosphoric ester groups is 2. The SMILES string of the molecule is Cc1cc(C)c(C(=O)OP(=O)([O-])Oc2ccccc2)c(C)c1.Cc1cc(C)c(C(=O)OP(=O)([O-])Oc2ccccc2)c(C)c1.[Mg+2]. The molecule has 0 bridgehead atoms. The van der Waals surface area contributed by atoms with E-state index >= 15 is 0 Å². The van der Waals surface area contributed by atoms with E-state index in [-0.39, 0.29) is 45.7 Å². The fourth-order valence-corrected chi connectivity index (χ4v) is 5.98. The number of carbonyl (C=O) groups excluding carboxylic acids is 2. The van der Waals surface area contributed by atoms with Gasteiger partial charge in [-0.3, -0.25) is 0 Å². The first-order valence-corrected chi connectivity index (χ1v) is 16.2. The Bertz CT molecular complexity index is 1570. The van der Waals surface area contributed by atoms with Gasteiger partial charge in [0.25, 0.3) is 0 Å². The molecule has 0 aromatic heterocycles. The molecule has 0 fully saturated rings. The summed E-state index contributed by atoms with van der Waals surface area (Å²) in [6.45, 7) is 10.7. The molecule has 232 valence electrons. The summed E-state index contributed by atoms with van der Waals surface area (Å²) in [5.41, 5.74) is 5.06. The van der Waals surface area contributed by atoms with E-state index in [1.807, 2.05) is 13.8 Å². The molecule has 2 atom stereocenters. The van der Waals surface area contributed by atoms with E-state index in [2.05, 4.69) is 9.05 Å². The van der Waals surface area contributed by atoms with Gasteiger partial charge in [0.2, 0.25) is 0 Å². The summed E-state index contributed by atoms with van der Waals surface area (Å²) in [6, 6.07) is 22.9. The molecule has 0 heterocycles. The fraction of sp³-hybridized carbons (Fsp3) is 0.188. The summed E-state index contributed by atoms with van der Waals surface area (Å²) in [7, 11) is -9.57. The predicted molar refractivity (Wildman–Crippen MR) is 167 cm³/mol. The Morgan fingerprint density at radius 3 is 1.07 bits per heavy atom. The summed E-state index contributed by atoms with van der Waals surface area (Å²) in [4.78, 5) is 47.9. The number of para-hydroxylation sites is 2. The molecular weight excluding hydrogens is 631 g/mol. The Morgan fingerprint density at radius 1 is 0.533 bits per heavy atom. The molecule has 0 aliphatic carbocycles. The van der Waals surface area contributed by atoms with Gasteiger partial charge in [-0.05, 0) is 88.1 Å². The molecule has 4 rings (SSSR count). The fourth-order valence-electron chi connectivity index (χ4n) is 4.56. The molecule has 0 aliphatic heterocycles. The van der Waals surface area contributed by atoms with E-state index in [0.29, 0.717) is 22.3 Å². The van der Waals surface area contributed by atoms with Gasteiger partial charge in [0.05, 0.1) is 11.1 Å². The smallest absolute Gasteiger partial charge is 0.736 e. The summed E-state index contributed by atoms with van der Waals surface area (Å²) in [5.74, 6) is -1.70. The van der Waals surface area contributed by atoms with Crippen LogP contribution in [-0.4, -0.2) is 35.0 Å². The first-order chi connectivity index (χ1) is 20.6. The largest absolute Gasteiger partial charge is 2.00 e. The van der Waals surface area contributed by atoms with Crippen LogP contribution >= 0.6 is 15.6 Å². The van der Waals surface area contributed by atoms with Gasteiger partial charge in [-0.25, -0.2) is 18.7 Å². The zero-order valence-corrected chi connectivity index (χ0v) is 29.0. The molecule has 10 nitrogen and oxygen atoms in total. The quantitative estimate of drug-likeness (QED) is 0.156. The molecule has 4 aromatic carbocycles. The maximum Gasteiger partial charge on any atom is 2.00 e. The third-order valence-corrected chi connectivity index (χ3v) is 7.72. The average Bonchev–Trinajstić information content (AvgIpc) is 2.87. The molecule has 2 unspecified atom stereocenters. The molecule has 0 amide bonds. The van der Waals surface area contributed by atoms with Gasteiger partial charge < -0.3 is 27.9 Å². The molecule has 0 aliphatic rings. The third-order valence-electron chi connectivity index (χ3n) is 6.07. The van der Waals surface area contributed by atoms with E-state index in [1.165, 1.54) is 24.3 Å². The van der Waals surface area contributed by atoms with Gasteiger partial charge in [0, 0.05) is 0 Å². The molecule has 4 aromatic rings. The molecule has 0 N–H and O–H groups in total. The van der Waals surface area contributed by atoms with Crippen molar-refractivity contribution in [3.63, 3.8) is 0 Å². The molecule has 45 heavy (non-hydrogen) atoms. The number of benzene rings is 4. The van der Waals surface area contributed by atoms with Crippen LogP contribution < -0.4 is 18.8 Å². The number of aryl methyl sites for hydroxylation is 6. The molecular formula is C32H32MgO10P2. The van der Waals surface area contributed by atoms with Gasteiger partial charge in [-0.1, -0.05) is 71.8 Å². The van der Waals surface area contributed by atoms with Crippen molar-refractivity contribution in [3.05, 3.63) is 129 Å². The van der Waals surface area contributed by atoms with Gasteiger partial charge in [-0.2, -0.15) is 0 Å². The van der Waals surface area contributed by atoms with E-state index < -0.39 is 27.6 Å². The first kappa shape index (κ1) is 37.8. The number of hydrogen-bond acceptors (Lipinski definition) is 10. The van der Waals surface area contributed by atoms with Crippen LogP contribution in [0.25, 0.3) is 0 Å². The monoisotopic (exact) mass is 662 g/mol. The Kier molecular flexibility index (Phi) is 13.6. The Balaban J connectivity index is 0.000000307. The molecule has 0 saturated carbocycles. The summed E-state index contributed by atoms with van der Waals surface area (Å²) in [6.07, 6.45) is 0. The Labute approximate surface area is 278 Å². The van der Waals surface area contributed by atoms with Crippen LogP contribution in [0.4, 0.5) is 0 Å². The van der Waals surface area contributed by atoms with Crippen LogP contribution in [0.5, 0.6) is 11.5 Å². The van der Waals surface area contributed by atoms with Crippen LogP contribution in [0, 0.1) is 41.5 Å². The van der Waals surface area contributed by atoms with E-state index in [0.717, 1.165) is 11.1 Å². The van der Waals surface area contributed by atoms with Crippen LogP contribution in [0.3, 0.4) is 0 Å². The van der Waals surface area contributed by atoms with Crippen molar-refractivity contribution < 1.29 is 46.6 Å². The first-order valence-electron chi connectivity index (χ1n) is 13.3. The van der Waals surface area contributed by atoms with Crippen molar-refractivity contribution in [1.29, 1.82) is 0 Å². The van der Waals surface area contributed by atoms with Crippen LogP contribution in [0.15, 0.2) is 84.9 Å². The van der Waals surface area contributed by atoms with Crippen LogP contribution in [0.1, 0.15) is 54.1 Å². The van der Waals surface area contributed by atoms with Crippen molar-refractivity contribution >= 4 is 50.6 Å². The molecule has 0 spiro atoms. The second kappa shape index (κ2) is 16.2. The number of carbonyl (C=O) groups is 2. The summed E-state index contributed by atoms with van der Waals surface area (Å²) < 4.78 is 42.3. The van der Waals surface area contributed by atoms with Crippen molar-refractivity contribution in [2.45, 2.75) is 41.5 Å². The second-order valence-corrected chi connectivity index (χ2v) is 12.5. The zero-order chi connectivity index (χ0) is 32.7. The molecule has 0 saturated heterocycles. The number of hydrogen-bond donors (Lipinski definition) is 0. The van der Waals surface area contributed by atoms with Gasteiger partial charge >= 0.3 is 50.6 Å². The van der Waals surface area contributed by atoms with E-state index in [9.17, 15) is 28.5 Å². The zero-order valence-electron chi connectivity index (χ0n) is 25.8. The standard InChI is InChI=1S/2C16H17O5P.Mg/c2*1-11-9-12(2)15(13(3)10-11)16(17)21-22(18,19)20-14-7-5-4-6-8-14;/h2*4-10H,1-3H3,(H,18,19);/q;;+2/p-2. The van der Waals surface area contributed by atoms with Gasteiger partial charge in [-0.15, -0.1) is 0 Å². The summed E-state index contributed by atoms with van der Waals surface area (Å²) >= 11 is 0. The van der Waals surface area contributed by atoms with E-state index in [1.54, 1.807) is 88.4 Å². The van der Waals surface area contributed by atoms with Gasteiger partial charge in [0.1, 0.15) is 11.5 Å². The van der Waals surface area contributed by atoms with Crippen LogP contribution in [-0.2, 0) is 18.2 Å². The predicted octanol–water partition coefficient (Wildman–Crippen LogP) is 6.25. The second-order valence-electron chi connectivity index (χ2n) is 10.0. The van der Waals surface area contributed by atoms with Crippen molar-refractivity contribution in [2.75, 3.05) is 0 Å². The van der Waals surface area contributed by atoms with Gasteiger partial charge in [0.15, 0.2) is 0 Å². The van der Waals surface area contributed by atoms with Crippen molar-refractivity contribution in [3.8, 4) is 11.5 Å². The maximum absolute atomic E-state index is 12.1. The summed E-state index contributed by atoms with van der Waals surface area (Å²) in [5, 5.41) is 0. The van der Waals surface area contributed by atoms with Crippen LogP contribution in [0.2, 0.25) is 0 Å². The van der Waals surface area contributed by atoms with E-state index in [4.69, 9.17) is 9.05 Å². The van der Waals surface area contributed by atoms with Crippen molar-refractivity contribution in [2.24, 2.45) is 0 Å². The molecule has 13 heteroatoms.